The monoisotopic (exact) mass is 503 g/mol. The number of para-hydroxylation sites is 1. The predicted octanol–water partition coefficient (Wildman–Crippen LogP) is 4.20. The zero-order valence-electron chi connectivity index (χ0n) is 20.0. The second-order valence-electron chi connectivity index (χ2n) is 7.41. The molecule has 0 saturated heterocycles. The summed E-state index contributed by atoms with van der Waals surface area (Å²) in [5.74, 6) is 2.36. The van der Waals surface area contributed by atoms with E-state index < -0.39 is 0 Å². The van der Waals surface area contributed by atoms with Crippen molar-refractivity contribution < 1.29 is 19.0 Å². The molecular formula is C26H25N5O4S. The van der Waals surface area contributed by atoms with Crippen LogP contribution in [0.25, 0.3) is 17.1 Å². The molecule has 1 N–H and O–H groups in total. The van der Waals surface area contributed by atoms with Crippen LogP contribution in [-0.2, 0) is 4.79 Å². The van der Waals surface area contributed by atoms with Crippen LogP contribution in [0, 0.1) is 0 Å². The molecule has 0 fully saturated rings. The van der Waals surface area contributed by atoms with Crippen LogP contribution in [0.5, 0.6) is 17.2 Å². The number of methoxy groups -OCH3 is 3. The van der Waals surface area contributed by atoms with Crippen molar-refractivity contribution in [1.82, 2.24) is 20.2 Å². The van der Waals surface area contributed by atoms with Gasteiger partial charge in [-0.25, -0.2) is 5.43 Å². The first-order valence-electron chi connectivity index (χ1n) is 10.9. The molecule has 10 heteroatoms. The Morgan fingerprint density at radius 1 is 0.944 bits per heavy atom. The number of ether oxygens (including phenoxy) is 3. The average molecular weight is 504 g/mol. The van der Waals surface area contributed by atoms with E-state index in [0.717, 1.165) is 16.8 Å². The predicted molar refractivity (Wildman–Crippen MR) is 139 cm³/mol. The lowest BCUT2D eigenvalue weighted by molar-refractivity contribution is -0.118. The number of thioether (sulfide) groups is 1. The van der Waals surface area contributed by atoms with Gasteiger partial charge < -0.3 is 14.2 Å². The number of hydrogen-bond acceptors (Lipinski definition) is 8. The highest BCUT2D eigenvalue weighted by molar-refractivity contribution is 7.99. The summed E-state index contributed by atoms with van der Waals surface area (Å²) >= 11 is 1.26. The summed E-state index contributed by atoms with van der Waals surface area (Å²) in [4.78, 5) is 12.5. The Balaban J connectivity index is 1.52. The lowest BCUT2D eigenvalue weighted by Crippen LogP contribution is -2.20. The smallest absolute Gasteiger partial charge is 0.250 e. The first-order chi connectivity index (χ1) is 17.6. The average Bonchev–Trinajstić information content (AvgIpc) is 3.36. The molecule has 3 aromatic carbocycles. The van der Waals surface area contributed by atoms with Gasteiger partial charge in [0, 0.05) is 11.3 Å². The van der Waals surface area contributed by atoms with E-state index in [1.807, 2.05) is 77.4 Å². The lowest BCUT2D eigenvalue weighted by Gasteiger charge is -2.12. The summed E-state index contributed by atoms with van der Waals surface area (Å²) in [6.07, 6.45) is 1.56. The molecule has 0 aliphatic rings. The van der Waals surface area contributed by atoms with Gasteiger partial charge in [0.25, 0.3) is 5.91 Å². The summed E-state index contributed by atoms with van der Waals surface area (Å²) in [5, 5.41) is 13.4. The first kappa shape index (κ1) is 24.8. The van der Waals surface area contributed by atoms with E-state index in [2.05, 4.69) is 20.7 Å². The fourth-order valence-electron chi connectivity index (χ4n) is 3.40. The van der Waals surface area contributed by atoms with E-state index in [1.165, 1.54) is 11.8 Å². The zero-order chi connectivity index (χ0) is 25.3. The molecule has 4 rings (SSSR count). The Morgan fingerprint density at radius 2 is 1.75 bits per heavy atom. The minimum atomic E-state index is -0.269. The van der Waals surface area contributed by atoms with E-state index in [9.17, 15) is 4.79 Å². The van der Waals surface area contributed by atoms with Gasteiger partial charge in [-0.2, -0.15) is 5.10 Å². The minimum Gasteiger partial charge on any atom is -0.497 e. The number of nitrogens with zero attached hydrogens (tertiary/aromatic N) is 4. The summed E-state index contributed by atoms with van der Waals surface area (Å²) in [7, 11) is 4.77. The molecule has 36 heavy (non-hydrogen) atoms. The van der Waals surface area contributed by atoms with Crippen molar-refractivity contribution in [2.45, 2.75) is 5.16 Å². The quantitative estimate of drug-likeness (QED) is 0.197. The number of amides is 1. The van der Waals surface area contributed by atoms with E-state index in [1.54, 1.807) is 27.5 Å². The topological polar surface area (TPSA) is 99.9 Å². The van der Waals surface area contributed by atoms with Gasteiger partial charge in [-0.3, -0.25) is 9.36 Å². The van der Waals surface area contributed by atoms with Gasteiger partial charge in [0.15, 0.2) is 22.5 Å². The number of benzene rings is 3. The van der Waals surface area contributed by atoms with E-state index in [0.29, 0.717) is 28.2 Å². The standard InChI is InChI=1S/C26H25N5O4S/c1-33-21-11-7-8-18(14-21)16-27-28-24(32)17-36-26-30-29-25(31(26)20-9-5-4-6-10-20)19-12-13-22(34-2)23(15-19)35-3/h4-16H,17H2,1-3H3,(H,28,32)/b27-16+. The van der Waals surface area contributed by atoms with Gasteiger partial charge in [-0.15, -0.1) is 10.2 Å². The van der Waals surface area contributed by atoms with Crippen molar-refractivity contribution >= 4 is 23.9 Å². The summed E-state index contributed by atoms with van der Waals surface area (Å²) in [6.45, 7) is 0. The fourth-order valence-corrected chi connectivity index (χ4v) is 4.14. The van der Waals surface area contributed by atoms with Crippen LogP contribution < -0.4 is 19.6 Å². The molecule has 184 valence electrons. The van der Waals surface area contributed by atoms with Crippen LogP contribution in [0.1, 0.15) is 5.56 Å². The first-order valence-corrected chi connectivity index (χ1v) is 11.9. The number of hydrazone groups is 1. The van der Waals surface area contributed by atoms with Gasteiger partial charge in [-0.05, 0) is 48.0 Å². The molecule has 0 radical (unpaired) electrons. The second kappa shape index (κ2) is 11.9. The molecule has 0 bridgehead atoms. The molecule has 0 saturated carbocycles. The number of nitrogens with one attached hydrogen (secondary N) is 1. The van der Waals surface area contributed by atoms with Crippen molar-refractivity contribution in [2.24, 2.45) is 5.10 Å². The Morgan fingerprint density at radius 3 is 2.50 bits per heavy atom. The Labute approximate surface area is 213 Å². The molecule has 0 aliphatic carbocycles. The van der Waals surface area contributed by atoms with E-state index in [-0.39, 0.29) is 11.7 Å². The number of carbonyl (C=O) groups is 1. The third kappa shape index (κ3) is 5.84. The molecule has 1 heterocycles. The highest BCUT2D eigenvalue weighted by atomic mass is 32.2. The Hall–Kier alpha value is -4.31. The molecular weight excluding hydrogens is 478 g/mol. The molecule has 0 atom stereocenters. The minimum absolute atomic E-state index is 0.104. The molecule has 1 amide bonds. The molecule has 1 aromatic heterocycles. The van der Waals surface area contributed by atoms with Crippen LogP contribution >= 0.6 is 11.8 Å². The van der Waals surface area contributed by atoms with Crippen LogP contribution in [-0.4, -0.2) is 54.0 Å². The number of carbonyl (C=O) groups excluding carboxylic acids is 1. The van der Waals surface area contributed by atoms with Gasteiger partial charge in [0.1, 0.15) is 5.75 Å². The van der Waals surface area contributed by atoms with E-state index >= 15 is 0 Å². The normalized spacial score (nSPS) is 10.9. The molecule has 4 aromatic rings. The number of aromatic nitrogens is 3. The van der Waals surface area contributed by atoms with Crippen LogP contribution in [0.4, 0.5) is 0 Å². The number of hydrogen-bond donors (Lipinski definition) is 1. The molecule has 0 spiro atoms. The van der Waals surface area contributed by atoms with Crippen LogP contribution in [0.15, 0.2) is 83.1 Å². The van der Waals surface area contributed by atoms with Gasteiger partial charge >= 0.3 is 0 Å². The maximum atomic E-state index is 12.5. The van der Waals surface area contributed by atoms with E-state index in [4.69, 9.17) is 14.2 Å². The van der Waals surface area contributed by atoms with Crippen LogP contribution in [0.2, 0.25) is 0 Å². The van der Waals surface area contributed by atoms with Gasteiger partial charge in [0.05, 0.1) is 33.3 Å². The number of rotatable bonds is 10. The van der Waals surface area contributed by atoms with Crippen molar-refractivity contribution in [3.05, 3.63) is 78.4 Å². The summed E-state index contributed by atoms with van der Waals surface area (Å²) in [6, 6.07) is 22.6. The van der Waals surface area contributed by atoms with Crippen molar-refractivity contribution in [3.8, 4) is 34.3 Å². The largest absolute Gasteiger partial charge is 0.497 e. The van der Waals surface area contributed by atoms with Crippen LogP contribution in [0.3, 0.4) is 0 Å². The highest BCUT2D eigenvalue weighted by Gasteiger charge is 2.18. The third-order valence-electron chi connectivity index (χ3n) is 5.12. The zero-order valence-corrected chi connectivity index (χ0v) is 20.9. The fraction of sp³-hybridized carbons (Fsp3) is 0.154. The third-order valence-corrected chi connectivity index (χ3v) is 6.05. The SMILES string of the molecule is COc1cccc(/C=N/NC(=O)CSc2nnc(-c3ccc(OC)c(OC)c3)n2-c2ccccc2)c1. The van der Waals surface area contributed by atoms with Gasteiger partial charge in [0.2, 0.25) is 0 Å². The molecule has 9 nitrogen and oxygen atoms in total. The second-order valence-corrected chi connectivity index (χ2v) is 8.35. The van der Waals surface area contributed by atoms with Gasteiger partial charge in [-0.1, -0.05) is 42.1 Å². The lowest BCUT2D eigenvalue weighted by atomic mass is 10.2. The maximum absolute atomic E-state index is 12.5. The van der Waals surface area contributed by atoms with Crippen molar-refractivity contribution in [1.29, 1.82) is 0 Å². The maximum Gasteiger partial charge on any atom is 0.250 e. The Kier molecular flexibility index (Phi) is 8.20. The summed E-state index contributed by atoms with van der Waals surface area (Å²) < 4.78 is 17.9. The van der Waals surface area contributed by atoms with Crippen molar-refractivity contribution in [3.63, 3.8) is 0 Å². The Bertz CT molecular complexity index is 1360. The summed E-state index contributed by atoms with van der Waals surface area (Å²) in [5.41, 5.74) is 5.02. The molecule has 0 aliphatic heterocycles. The highest BCUT2D eigenvalue weighted by Crippen LogP contribution is 2.34. The molecule has 0 unspecified atom stereocenters. The van der Waals surface area contributed by atoms with Crippen molar-refractivity contribution in [2.75, 3.05) is 27.1 Å².